The van der Waals surface area contributed by atoms with E-state index in [0.29, 0.717) is 11.6 Å². The summed E-state index contributed by atoms with van der Waals surface area (Å²) in [5, 5.41) is 6.93. The van der Waals surface area contributed by atoms with Gasteiger partial charge >= 0.3 is 0 Å². The molecule has 1 aromatic rings. The average Bonchev–Trinajstić information content (AvgIpc) is 2.72. The zero-order valence-electron chi connectivity index (χ0n) is 10.6. The maximum Gasteiger partial charge on any atom is 0.248 e. The van der Waals surface area contributed by atoms with E-state index in [-0.39, 0.29) is 11.7 Å². The van der Waals surface area contributed by atoms with Crippen LogP contribution in [0.15, 0.2) is 34.4 Å². The quantitative estimate of drug-likeness (QED) is 0.842. The fourth-order valence-corrected chi connectivity index (χ4v) is 3.80. The van der Waals surface area contributed by atoms with Crippen molar-refractivity contribution in [2.45, 2.75) is 18.6 Å². The molecule has 7 heteroatoms. The van der Waals surface area contributed by atoms with Gasteiger partial charge in [-0.2, -0.15) is 10.1 Å². The number of hydrogen-bond acceptors (Lipinski definition) is 5. The Kier molecular flexibility index (Phi) is 4.07. The molecule has 0 saturated carbocycles. The van der Waals surface area contributed by atoms with Crippen molar-refractivity contribution >= 4 is 39.0 Å². The van der Waals surface area contributed by atoms with Crippen LogP contribution in [0.25, 0.3) is 0 Å². The molecule has 0 atom stereocenters. The number of amides is 1. The summed E-state index contributed by atoms with van der Waals surface area (Å²) in [6.07, 6.45) is 1.28. The number of hydrogen-bond donors (Lipinski definition) is 0. The summed E-state index contributed by atoms with van der Waals surface area (Å²) >= 11 is 3.00. The van der Waals surface area contributed by atoms with Gasteiger partial charge in [0.25, 0.3) is 0 Å². The summed E-state index contributed by atoms with van der Waals surface area (Å²) in [7, 11) is 0. The van der Waals surface area contributed by atoms with E-state index in [1.807, 2.05) is 0 Å². The van der Waals surface area contributed by atoms with Gasteiger partial charge in [0.05, 0.1) is 0 Å². The summed E-state index contributed by atoms with van der Waals surface area (Å²) in [5.74, 6) is 0.420. The molecule has 104 valence electrons. The number of carbonyl (C=O) groups excluding carboxylic acids is 1. The van der Waals surface area contributed by atoms with Crippen molar-refractivity contribution < 1.29 is 9.18 Å². The summed E-state index contributed by atoms with van der Waals surface area (Å²) in [6, 6.07) is 6.44. The molecule has 20 heavy (non-hydrogen) atoms. The third kappa shape index (κ3) is 3.21. The van der Waals surface area contributed by atoms with Crippen LogP contribution in [-0.2, 0) is 10.5 Å². The molecule has 4 nitrogen and oxygen atoms in total. The van der Waals surface area contributed by atoms with Gasteiger partial charge in [-0.15, -0.1) is 0 Å². The minimum atomic E-state index is -0.229. The standard InChI is InChI=1S/C13H12FN3OS2/c14-10-5-3-9(4-6-10)8-19-13-16-17-7-1-2-11(18)15-12(17)20-13/h3-6H,1-2,7-8H2. The van der Waals surface area contributed by atoms with Crippen molar-refractivity contribution in [3.63, 3.8) is 0 Å². The molecular weight excluding hydrogens is 297 g/mol. The van der Waals surface area contributed by atoms with Crippen molar-refractivity contribution in [3.05, 3.63) is 35.6 Å². The first-order chi connectivity index (χ1) is 9.70. The van der Waals surface area contributed by atoms with Gasteiger partial charge in [0.15, 0.2) is 9.54 Å². The number of nitrogens with zero attached hydrogens (tertiary/aromatic N) is 3. The molecule has 2 aliphatic heterocycles. The van der Waals surface area contributed by atoms with Crippen LogP contribution in [0.1, 0.15) is 18.4 Å². The van der Waals surface area contributed by atoms with Crippen LogP contribution < -0.4 is 0 Å². The van der Waals surface area contributed by atoms with E-state index < -0.39 is 0 Å². The molecule has 0 aliphatic carbocycles. The van der Waals surface area contributed by atoms with Crippen molar-refractivity contribution in [1.82, 2.24) is 5.01 Å². The Morgan fingerprint density at radius 1 is 1.35 bits per heavy atom. The van der Waals surface area contributed by atoms with Gasteiger partial charge in [0.2, 0.25) is 5.91 Å². The zero-order chi connectivity index (χ0) is 13.9. The third-order valence-corrected chi connectivity index (χ3v) is 5.01. The number of fused-ring (bicyclic) bond motifs is 1. The number of rotatable bonds is 2. The molecule has 2 aliphatic rings. The molecule has 1 aromatic carbocycles. The van der Waals surface area contributed by atoms with E-state index in [0.717, 1.165) is 28.7 Å². The molecule has 0 fully saturated rings. The van der Waals surface area contributed by atoms with E-state index in [4.69, 9.17) is 0 Å². The Morgan fingerprint density at radius 3 is 2.95 bits per heavy atom. The van der Waals surface area contributed by atoms with E-state index in [2.05, 4.69) is 10.1 Å². The van der Waals surface area contributed by atoms with Crippen LogP contribution in [0.4, 0.5) is 4.39 Å². The highest BCUT2D eigenvalue weighted by atomic mass is 32.2. The highest BCUT2D eigenvalue weighted by Crippen LogP contribution is 2.31. The average molecular weight is 309 g/mol. The first-order valence-electron chi connectivity index (χ1n) is 6.23. The fraction of sp³-hybridized carbons (Fsp3) is 0.308. The minimum Gasteiger partial charge on any atom is -0.273 e. The Hall–Kier alpha value is -1.34. The van der Waals surface area contributed by atoms with E-state index in [1.54, 1.807) is 28.9 Å². The minimum absolute atomic E-state index is 0.0741. The number of carbonyl (C=O) groups is 1. The summed E-state index contributed by atoms with van der Waals surface area (Å²) in [6.45, 7) is 0.734. The highest BCUT2D eigenvalue weighted by molar-refractivity contribution is 8.45. The van der Waals surface area contributed by atoms with E-state index in [1.165, 1.54) is 23.9 Å². The topological polar surface area (TPSA) is 45.0 Å². The Labute approximate surface area is 124 Å². The molecule has 0 saturated heterocycles. The smallest absolute Gasteiger partial charge is 0.248 e. The predicted molar refractivity (Wildman–Crippen MR) is 81.1 cm³/mol. The summed E-state index contributed by atoms with van der Waals surface area (Å²) in [4.78, 5) is 15.5. The summed E-state index contributed by atoms with van der Waals surface area (Å²) < 4.78 is 13.7. The monoisotopic (exact) mass is 309 g/mol. The Balaban J connectivity index is 1.62. The molecule has 3 rings (SSSR count). The molecule has 2 heterocycles. The molecule has 0 spiro atoms. The van der Waals surface area contributed by atoms with Crippen LogP contribution in [0.3, 0.4) is 0 Å². The molecule has 0 radical (unpaired) electrons. The van der Waals surface area contributed by atoms with Crippen LogP contribution in [-0.4, -0.2) is 27.0 Å². The lowest BCUT2D eigenvalue weighted by molar-refractivity contribution is -0.117. The molecule has 0 bridgehead atoms. The van der Waals surface area contributed by atoms with Gasteiger partial charge in [-0.05, 0) is 35.9 Å². The van der Waals surface area contributed by atoms with Crippen molar-refractivity contribution in [3.8, 4) is 0 Å². The maximum atomic E-state index is 12.8. The normalized spacial score (nSPS) is 18.4. The number of hydrazone groups is 1. The first kappa shape index (κ1) is 13.6. The van der Waals surface area contributed by atoms with Crippen molar-refractivity contribution in [1.29, 1.82) is 0 Å². The fourth-order valence-electron chi connectivity index (χ4n) is 1.85. The van der Waals surface area contributed by atoms with Crippen LogP contribution in [0.5, 0.6) is 0 Å². The second kappa shape index (κ2) is 5.97. The van der Waals surface area contributed by atoms with Gasteiger partial charge in [0, 0.05) is 18.7 Å². The van der Waals surface area contributed by atoms with E-state index in [9.17, 15) is 9.18 Å². The second-order valence-corrected chi connectivity index (χ2v) is 6.58. The second-order valence-electron chi connectivity index (χ2n) is 4.40. The third-order valence-electron chi connectivity index (χ3n) is 2.86. The number of aliphatic imine (C=N–C) groups is 1. The molecule has 0 aromatic heterocycles. The van der Waals surface area contributed by atoms with Crippen LogP contribution >= 0.6 is 23.5 Å². The summed E-state index contributed by atoms with van der Waals surface area (Å²) in [5.41, 5.74) is 1.04. The maximum absolute atomic E-state index is 12.8. The molecule has 0 N–H and O–H groups in total. The molecule has 1 amide bonds. The molecular formula is C13H12FN3OS2. The lowest BCUT2D eigenvalue weighted by atomic mass is 10.2. The van der Waals surface area contributed by atoms with Gasteiger partial charge in [-0.1, -0.05) is 23.9 Å². The van der Waals surface area contributed by atoms with Crippen molar-refractivity contribution in [2.24, 2.45) is 10.1 Å². The van der Waals surface area contributed by atoms with Gasteiger partial charge in [0.1, 0.15) is 5.82 Å². The Morgan fingerprint density at radius 2 is 2.15 bits per heavy atom. The lowest BCUT2D eigenvalue weighted by Crippen LogP contribution is -2.18. The van der Waals surface area contributed by atoms with E-state index >= 15 is 0 Å². The lowest BCUT2D eigenvalue weighted by Gasteiger charge is -2.08. The van der Waals surface area contributed by atoms with Crippen LogP contribution in [0.2, 0.25) is 0 Å². The number of benzene rings is 1. The van der Waals surface area contributed by atoms with Gasteiger partial charge in [-0.25, -0.2) is 9.40 Å². The largest absolute Gasteiger partial charge is 0.273 e. The Bertz CT molecular complexity index is 586. The number of amidine groups is 1. The molecule has 0 unspecified atom stereocenters. The number of halogens is 1. The SMILES string of the molecule is O=C1CCCN2N=C(SCc3ccc(F)cc3)SC2=N1. The first-order valence-corrected chi connectivity index (χ1v) is 8.04. The van der Waals surface area contributed by atoms with Crippen LogP contribution in [0, 0.1) is 5.82 Å². The number of thioether (sulfide) groups is 2. The van der Waals surface area contributed by atoms with Crippen molar-refractivity contribution in [2.75, 3.05) is 6.54 Å². The predicted octanol–water partition coefficient (Wildman–Crippen LogP) is 3.06. The van der Waals surface area contributed by atoms with Gasteiger partial charge in [-0.3, -0.25) is 4.79 Å². The van der Waals surface area contributed by atoms with Gasteiger partial charge < -0.3 is 0 Å². The highest BCUT2D eigenvalue weighted by Gasteiger charge is 2.26. The zero-order valence-corrected chi connectivity index (χ0v) is 12.2.